The summed E-state index contributed by atoms with van der Waals surface area (Å²) in [4.78, 5) is 0. The molecule has 1 aliphatic heterocycles. The van der Waals surface area contributed by atoms with Crippen molar-refractivity contribution in [2.45, 2.75) is 25.4 Å². The van der Waals surface area contributed by atoms with Gasteiger partial charge in [-0.05, 0) is 30.5 Å². The maximum atomic E-state index is 12.6. The molecule has 2 rings (SSSR count). The topological polar surface area (TPSA) is 75.9 Å². The van der Waals surface area contributed by atoms with Crippen LogP contribution in [0.3, 0.4) is 0 Å². The van der Waals surface area contributed by atoms with E-state index >= 15 is 0 Å². The minimum atomic E-state index is -3.47. The summed E-state index contributed by atoms with van der Waals surface area (Å²) < 4.78 is 33.1. The van der Waals surface area contributed by atoms with E-state index in [2.05, 4.69) is 0 Å². The van der Waals surface area contributed by atoms with E-state index in [1.54, 1.807) is 14.2 Å². The van der Waals surface area contributed by atoms with Gasteiger partial charge < -0.3 is 10.5 Å². The predicted octanol–water partition coefficient (Wildman–Crippen LogP) is 0.795. The first-order chi connectivity index (χ1) is 9.93. The molecule has 0 saturated carbocycles. The van der Waals surface area contributed by atoms with Crippen molar-refractivity contribution in [3.05, 3.63) is 29.8 Å². The van der Waals surface area contributed by atoms with Crippen molar-refractivity contribution in [1.29, 1.82) is 0 Å². The SMILES string of the molecule is COc1cccc(CN(C)S(=O)(=O)N2CCCC(N)C2)c1. The molecule has 1 atom stereocenters. The van der Waals surface area contributed by atoms with Crippen LogP contribution >= 0.6 is 0 Å². The quantitative estimate of drug-likeness (QED) is 0.872. The number of rotatable bonds is 5. The molecule has 1 heterocycles. The molecule has 0 radical (unpaired) electrons. The molecular formula is C14H23N3O3S. The summed E-state index contributed by atoms with van der Waals surface area (Å²) in [6.07, 6.45) is 1.69. The average molecular weight is 313 g/mol. The first-order valence-corrected chi connectivity index (χ1v) is 8.43. The average Bonchev–Trinajstić information content (AvgIpc) is 2.47. The van der Waals surface area contributed by atoms with Crippen LogP contribution in [0.1, 0.15) is 18.4 Å². The molecule has 2 N–H and O–H groups in total. The third kappa shape index (κ3) is 3.94. The van der Waals surface area contributed by atoms with Crippen molar-refractivity contribution < 1.29 is 13.2 Å². The first kappa shape index (κ1) is 16.2. The minimum absolute atomic E-state index is 0.0706. The molecular weight excluding hydrogens is 290 g/mol. The van der Waals surface area contributed by atoms with Crippen molar-refractivity contribution in [1.82, 2.24) is 8.61 Å². The number of nitrogens with two attached hydrogens (primary N) is 1. The molecule has 1 aromatic carbocycles. The van der Waals surface area contributed by atoms with E-state index in [9.17, 15) is 8.42 Å². The van der Waals surface area contributed by atoms with Gasteiger partial charge >= 0.3 is 0 Å². The van der Waals surface area contributed by atoms with Crippen LogP contribution in [0.4, 0.5) is 0 Å². The zero-order valence-corrected chi connectivity index (χ0v) is 13.3. The Hall–Kier alpha value is -1.15. The molecule has 1 aliphatic rings. The summed E-state index contributed by atoms with van der Waals surface area (Å²) in [5, 5.41) is 0. The number of methoxy groups -OCH3 is 1. The molecule has 0 amide bonds. The summed E-state index contributed by atoms with van der Waals surface area (Å²) in [6.45, 7) is 1.24. The molecule has 1 saturated heterocycles. The number of nitrogens with zero attached hydrogens (tertiary/aromatic N) is 2. The number of piperidine rings is 1. The zero-order chi connectivity index (χ0) is 15.5. The Morgan fingerprint density at radius 3 is 2.90 bits per heavy atom. The molecule has 7 heteroatoms. The number of hydrogen-bond acceptors (Lipinski definition) is 4. The van der Waals surface area contributed by atoms with Crippen LogP contribution in [0.5, 0.6) is 5.75 Å². The second-order valence-corrected chi connectivity index (χ2v) is 7.41. The van der Waals surface area contributed by atoms with Crippen molar-refractivity contribution in [2.75, 3.05) is 27.2 Å². The third-order valence-electron chi connectivity index (χ3n) is 3.68. The van der Waals surface area contributed by atoms with Crippen LogP contribution in [0.2, 0.25) is 0 Å². The van der Waals surface area contributed by atoms with E-state index in [-0.39, 0.29) is 6.04 Å². The molecule has 0 bridgehead atoms. The second-order valence-electron chi connectivity index (χ2n) is 5.38. The van der Waals surface area contributed by atoms with Crippen molar-refractivity contribution >= 4 is 10.2 Å². The smallest absolute Gasteiger partial charge is 0.282 e. The van der Waals surface area contributed by atoms with Gasteiger partial charge in [0.05, 0.1) is 7.11 Å². The van der Waals surface area contributed by atoms with E-state index in [0.717, 1.165) is 24.2 Å². The highest BCUT2D eigenvalue weighted by atomic mass is 32.2. The summed E-state index contributed by atoms with van der Waals surface area (Å²) in [7, 11) is -0.283. The first-order valence-electron chi connectivity index (χ1n) is 7.03. The highest BCUT2D eigenvalue weighted by Crippen LogP contribution is 2.19. The van der Waals surface area contributed by atoms with E-state index < -0.39 is 10.2 Å². The monoisotopic (exact) mass is 313 g/mol. The Morgan fingerprint density at radius 1 is 1.48 bits per heavy atom. The Bertz CT molecular complexity index is 577. The summed E-state index contributed by atoms with van der Waals surface area (Å²) in [5.41, 5.74) is 6.76. The maximum Gasteiger partial charge on any atom is 0.282 e. The highest BCUT2D eigenvalue weighted by Gasteiger charge is 2.30. The van der Waals surface area contributed by atoms with E-state index in [1.807, 2.05) is 24.3 Å². The van der Waals surface area contributed by atoms with Crippen LogP contribution in [0.15, 0.2) is 24.3 Å². The summed E-state index contributed by atoms with van der Waals surface area (Å²) in [5.74, 6) is 0.721. The summed E-state index contributed by atoms with van der Waals surface area (Å²) >= 11 is 0. The molecule has 1 fully saturated rings. The van der Waals surface area contributed by atoms with E-state index in [4.69, 9.17) is 10.5 Å². The lowest BCUT2D eigenvalue weighted by Gasteiger charge is -2.33. The molecule has 0 spiro atoms. The Morgan fingerprint density at radius 2 is 2.24 bits per heavy atom. The van der Waals surface area contributed by atoms with Gasteiger partial charge in [-0.2, -0.15) is 17.0 Å². The highest BCUT2D eigenvalue weighted by molar-refractivity contribution is 7.86. The molecule has 0 aliphatic carbocycles. The van der Waals surface area contributed by atoms with Gasteiger partial charge in [0.1, 0.15) is 5.75 Å². The zero-order valence-electron chi connectivity index (χ0n) is 12.5. The number of benzene rings is 1. The van der Waals surface area contributed by atoms with Crippen LogP contribution in [0.25, 0.3) is 0 Å². The fraction of sp³-hybridized carbons (Fsp3) is 0.571. The normalized spacial score (nSPS) is 20.7. The van der Waals surface area contributed by atoms with Gasteiger partial charge in [0.15, 0.2) is 0 Å². The lowest BCUT2D eigenvalue weighted by atomic mass is 10.1. The molecule has 21 heavy (non-hydrogen) atoms. The van der Waals surface area contributed by atoms with Crippen LogP contribution < -0.4 is 10.5 Å². The molecule has 118 valence electrons. The van der Waals surface area contributed by atoms with E-state index in [0.29, 0.717) is 19.6 Å². The van der Waals surface area contributed by atoms with Crippen molar-refractivity contribution in [3.63, 3.8) is 0 Å². The number of ether oxygens (including phenoxy) is 1. The van der Waals surface area contributed by atoms with Crippen LogP contribution in [-0.2, 0) is 16.8 Å². The Kier molecular flexibility index (Phi) is 5.21. The van der Waals surface area contributed by atoms with Gasteiger partial charge in [-0.25, -0.2) is 0 Å². The summed E-state index contributed by atoms with van der Waals surface area (Å²) in [6, 6.07) is 7.34. The van der Waals surface area contributed by atoms with E-state index in [1.165, 1.54) is 8.61 Å². The second kappa shape index (κ2) is 6.74. The maximum absolute atomic E-state index is 12.6. The van der Waals surface area contributed by atoms with Crippen LogP contribution in [-0.4, -0.2) is 50.3 Å². The minimum Gasteiger partial charge on any atom is -0.497 e. The lowest BCUT2D eigenvalue weighted by Crippen LogP contribution is -2.50. The van der Waals surface area contributed by atoms with Gasteiger partial charge in [0, 0.05) is 32.7 Å². The van der Waals surface area contributed by atoms with Gasteiger partial charge in [0.25, 0.3) is 10.2 Å². The van der Waals surface area contributed by atoms with Gasteiger partial charge in [-0.1, -0.05) is 12.1 Å². The Labute approximate surface area is 126 Å². The van der Waals surface area contributed by atoms with Crippen molar-refractivity contribution in [3.8, 4) is 5.75 Å². The fourth-order valence-corrected chi connectivity index (χ4v) is 3.94. The van der Waals surface area contributed by atoms with Gasteiger partial charge in [-0.3, -0.25) is 0 Å². The standard InChI is InChI=1S/C14H23N3O3S/c1-16(10-12-5-3-7-14(9-12)20-2)21(18,19)17-8-4-6-13(15)11-17/h3,5,7,9,13H,4,6,8,10-11,15H2,1-2H3. The molecule has 6 nitrogen and oxygen atoms in total. The van der Waals surface area contributed by atoms with Gasteiger partial charge in [-0.15, -0.1) is 0 Å². The third-order valence-corrected chi connectivity index (χ3v) is 5.58. The number of hydrogen-bond donors (Lipinski definition) is 1. The van der Waals surface area contributed by atoms with Gasteiger partial charge in [0.2, 0.25) is 0 Å². The van der Waals surface area contributed by atoms with Crippen LogP contribution in [0, 0.1) is 0 Å². The molecule has 1 unspecified atom stereocenters. The fourth-order valence-electron chi connectivity index (χ4n) is 2.49. The lowest BCUT2D eigenvalue weighted by molar-refractivity contribution is 0.291. The predicted molar refractivity (Wildman–Crippen MR) is 82.2 cm³/mol. The Balaban J connectivity index is 2.08. The molecule has 0 aromatic heterocycles. The van der Waals surface area contributed by atoms with Crippen molar-refractivity contribution in [2.24, 2.45) is 5.73 Å². The molecule has 1 aromatic rings. The largest absolute Gasteiger partial charge is 0.497 e.